The van der Waals surface area contributed by atoms with Crippen LogP contribution in [0.25, 0.3) is 10.2 Å². The largest absolute Gasteiger partial charge is 0.573 e. The Hall–Kier alpha value is -1.54. The molecule has 2 aromatic rings. The van der Waals surface area contributed by atoms with Gasteiger partial charge in [-0.1, -0.05) is 11.3 Å². The fourth-order valence-electron chi connectivity index (χ4n) is 2.18. The molecule has 8 heteroatoms. The predicted octanol–water partition coefficient (Wildman–Crippen LogP) is 3.79. The number of hydrogen-bond acceptors (Lipinski definition) is 5. The van der Waals surface area contributed by atoms with Crippen molar-refractivity contribution in [3.05, 3.63) is 18.2 Å². The Bertz CT molecular complexity index is 623. The summed E-state index contributed by atoms with van der Waals surface area (Å²) < 4.78 is 46.6. The molecule has 0 aliphatic carbocycles. The van der Waals surface area contributed by atoms with Crippen LogP contribution < -0.4 is 10.1 Å². The number of thiazole rings is 1. The van der Waals surface area contributed by atoms with Gasteiger partial charge in [-0.3, -0.25) is 0 Å². The molecule has 4 nitrogen and oxygen atoms in total. The van der Waals surface area contributed by atoms with Gasteiger partial charge in [-0.15, -0.1) is 13.2 Å². The van der Waals surface area contributed by atoms with Crippen LogP contribution in [0.1, 0.15) is 12.8 Å². The molecule has 0 amide bonds. The van der Waals surface area contributed by atoms with Gasteiger partial charge in [0.15, 0.2) is 5.13 Å². The maximum absolute atomic E-state index is 12.2. The molecule has 114 valence electrons. The van der Waals surface area contributed by atoms with Crippen molar-refractivity contribution in [1.29, 1.82) is 0 Å². The highest BCUT2D eigenvalue weighted by atomic mass is 32.1. The highest BCUT2D eigenvalue weighted by molar-refractivity contribution is 7.22. The minimum atomic E-state index is -4.68. The summed E-state index contributed by atoms with van der Waals surface area (Å²) in [4.78, 5) is 4.33. The lowest BCUT2D eigenvalue weighted by atomic mass is 10.2. The lowest BCUT2D eigenvalue weighted by molar-refractivity contribution is -0.274. The Balaban J connectivity index is 1.70. The van der Waals surface area contributed by atoms with Crippen LogP contribution in [0, 0.1) is 0 Å². The van der Waals surface area contributed by atoms with Crippen LogP contribution in [0.4, 0.5) is 18.3 Å². The van der Waals surface area contributed by atoms with Gasteiger partial charge in [-0.05, 0) is 25.0 Å². The van der Waals surface area contributed by atoms with Crippen molar-refractivity contribution in [3.8, 4) is 5.75 Å². The standard InChI is InChI=1S/C13H13F3N2O2S/c14-13(15,16)20-8-3-4-10-11(6-8)21-12(18-10)17-7-9-2-1-5-19-9/h3-4,6,9H,1-2,5,7H2,(H,17,18)/t9-/m0/s1. The summed E-state index contributed by atoms with van der Waals surface area (Å²) in [5.74, 6) is -0.232. The first-order valence-electron chi connectivity index (χ1n) is 6.51. The molecule has 0 spiro atoms. The van der Waals surface area contributed by atoms with Gasteiger partial charge < -0.3 is 14.8 Å². The van der Waals surface area contributed by atoms with Crippen LogP contribution in [0.2, 0.25) is 0 Å². The second-order valence-electron chi connectivity index (χ2n) is 4.71. The molecule has 1 aliphatic rings. The van der Waals surface area contributed by atoms with E-state index in [9.17, 15) is 13.2 Å². The Morgan fingerprint density at radius 3 is 3.00 bits per heavy atom. The van der Waals surface area contributed by atoms with Gasteiger partial charge in [-0.25, -0.2) is 4.98 Å². The van der Waals surface area contributed by atoms with E-state index in [0.29, 0.717) is 21.9 Å². The fraction of sp³-hybridized carbons (Fsp3) is 0.462. The first-order chi connectivity index (χ1) is 9.99. The molecular weight excluding hydrogens is 305 g/mol. The quantitative estimate of drug-likeness (QED) is 0.931. The fourth-order valence-corrected chi connectivity index (χ4v) is 3.09. The second kappa shape index (κ2) is 5.69. The highest BCUT2D eigenvalue weighted by Gasteiger charge is 2.31. The number of ether oxygens (including phenoxy) is 2. The van der Waals surface area contributed by atoms with Gasteiger partial charge in [0.25, 0.3) is 0 Å². The molecule has 0 radical (unpaired) electrons. The van der Waals surface area contributed by atoms with Crippen LogP contribution in [0.3, 0.4) is 0 Å². The SMILES string of the molecule is FC(F)(F)Oc1ccc2nc(NC[C@@H]3CCCO3)sc2c1. The maximum Gasteiger partial charge on any atom is 0.573 e. The van der Waals surface area contributed by atoms with Gasteiger partial charge in [0.05, 0.1) is 16.3 Å². The number of halogens is 3. The number of aromatic nitrogens is 1. The monoisotopic (exact) mass is 318 g/mol. The van der Waals surface area contributed by atoms with Crippen molar-refractivity contribution in [1.82, 2.24) is 4.98 Å². The molecule has 1 saturated heterocycles. The number of anilines is 1. The van der Waals surface area contributed by atoms with Gasteiger partial charge in [0.1, 0.15) is 5.75 Å². The predicted molar refractivity (Wildman–Crippen MR) is 73.8 cm³/mol. The van der Waals surface area contributed by atoms with Crippen LogP contribution in [-0.2, 0) is 4.74 Å². The summed E-state index contributed by atoms with van der Waals surface area (Å²) in [6.07, 6.45) is -2.42. The number of rotatable bonds is 4. The van der Waals surface area contributed by atoms with Gasteiger partial charge >= 0.3 is 6.36 Å². The third-order valence-electron chi connectivity index (χ3n) is 3.10. The number of nitrogens with one attached hydrogen (secondary N) is 1. The van der Waals surface area contributed by atoms with E-state index in [1.807, 2.05) is 0 Å². The van der Waals surface area contributed by atoms with Crippen LogP contribution >= 0.6 is 11.3 Å². The zero-order valence-electron chi connectivity index (χ0n) is 10.9. The van der Waals surface area contributed by atoms with Gasteiger partial charge in [0, 0.05) is 19.2 Å². The molecule has 1 atom stereocenters. The second-order valence-corrected chi connectivity index (χ2v) is 5.74. The lowest BCUT2D eigenvalue weighted by Gasteiger charge is -2.08. The normalized spacial score (nSPS) is 19.1. The van der Waals surface area contributed by atoms with Gasteiger partial charge in [0.2, 0.25) is 0 Å². The number of fused-ring (bicyclic) bond motifs is 1. The van der Waals surface area contributed by atoms with Crippen molar-refractivity contribution in [3.63, 3.8) is 0 Å². The van der Waals surface area contributed by atoms with E-state index in [1.54, 1.807) is 0 Å². The average Bonchev–Trinajstić information content (AvgIpc) is 3.02. The van der Waals surface area contributed by atoms with E-state index < -0.39 is 6.36 Å². The molecule has 21 heavy (non-hydrogen) atoms. The molecule has 1 aromatic carbocycles. The highest BCUT2D eigenvalue weighted by Crippen LogP contribution is 2.31. The summed E-state index contributed by atoms with van der Waals surface area (Å²) in [6, 6.07) is 4.13. The van der Waals surface area contributed by atoms with E-state index >= 15 is 0 Å². The van der Waals surface area contributed by atoms with E-state index in [-0.39, 0.29) is 11.9 Å². The summed E-state index contributed by atoms with van der Waals surface area (Å²) in [6.45, 7) is 1.44. The Kier molecular flexibility index (Phi) is 3.90. The molecule has 1 aromatic heterocycles. The molecule has 0 bridgehead atoms. The third-order valence-corrected chi connectivity index (χ3v) is 4.07. The molecule has 1 aliphatic heterocycles. The number of hydrogen-bond donors (Lipinski definition) is 1. The molecule has 0 saturated carbocycles. The van der Waals surface area contributed by atoms with E-state index in [4.69, 9.17) is 4.74 Å². The smallest absolute Gasteiger partial charge is 0.406 e. The van der Waals surface area contributed by atoms with Crippen LogP contribution in [0.15, 0.2) is 18.2 Å². The summed E-state index contributed by atoms with van der Waals surface area (Å²) in [7, 11) is 0. The molecule has 1 N–H and O–H groups in total. The topological polar surface area (TPSA) is 43.4 Å². The van der Waals surface area contributed by atoms with Crippen molar-refractivity contribution in [2.45, 2.75) is 25.3 Å². The van der Waals surface area contributed by atoms with E-state index in [0.717, 1.165) is 19.4 Å². The maximum atomic E-state index is 12.2. The zero-order chi connectivity index (χ0) is 14.9. The van der Waals surface area contributed by atoms with Crippen LogP contribution in [-0.4, -0.2) is 30.6 Å². The summed E-state index contributed by atoms with van der Waals surface area (Å²) in [5, 5.41) is 3.83. The zero-order valence-corrected chi connectivity index (χ0v) is 11.8. The minimum Gasteiger partial charge on any atom is -0.406 e. The molecular formula is C13H13F3N2O2S. The average molecular weight is 318 g/mol. The molecule has 0 unspecified atom stereocenters. The Morgan fingerprint density at radius 1 is 1.43 bits per heavy atom. The van der Waals surface area contributed by atoms with Gasteiger partial charge in [-0.2, -0.15) is 0 Å². The first kappa shape index (κ1) is 14.4. The Morgan fingerprint density at radius 2 is 2.29 bits per heavy atom. The molecule has 1 fully saturated rings. The van der Waals surface area contributed by atoms with E-state index in [1.165, 1.54) is 29.5 Å². The van der Waals surface area contributed by atoms with E-state index in [2.05, 4.69) is 15.0 Å². The number of benzene rings is 1. The Labute approximate surface area is 122 Å². The summed E-state index contributed by atoms with van der Waals surface area (Å²) in [5.41, 5.74) is 0.643. The van der Waals surface area contributed by atoms with Crippen molar-refractivity contribution in [2.24, 2.45) is 0 Å². The summed E-state index contributed by atoms with van der Waals surface area (Å²) >= 11 is 1.30. The molecule has 2 heterocycles. The molecule has 3 rings (SSSR count). The van der Waals surface area contributed by atoms with Crippen molar-refractivity contribution in [2.75, 3.05) is 18.5 Å². The van der Waals surface area contributed by atoms with Crippen molar-refractivity contribution < 1.29 is 22.6 Å². The number of alkyl halides is 3. The van der Waals surface area contributed by atoms with Crippen LogP contribution in [0.5, 0.6) is 5.75 Å². The first-order valence-corrected chi connectivity index (χ1v) is 7.33. The third kappa shape index (κ3) is 3.76. The number of nitrogens with zero attached hydrogens (tertiary/aromatic N) is 1. The minimum absolute atomic E-state index is 0.182. The van der Waals surface area contributed by atoms with Crippen molar-refractivity contribution >= 4 is 26.7 Å². The lowest BCUT2D eigenvalue weighted by Crippen LogP contribution is -2.18.